The first-order valence-corrected chi connectivity index (χ1v) is 5.95. The average Bonchev–Trinajstić information content (AvgIpc) is 2.66. The van der Waals surface area contributed by atoms with E-state index >= 15 is 0 Å². The lowest BCUT2D eigenvalue weighted by Crippen LogP contribution is -1.92. The molecule has 2 heterocycles. The highest BCUT2D eigenvalue weighted by Gasteiger charge is 2.15. The van der Waals surface area contributed by atoms with Crippen molar-refractivity contribution in [2.45, 2.75) is 26.7 Å². The zero-order valence-electron chi connectivity index (χ0n) is 10.3. The lowest BCUT2D eigenvalue weighted by atomic mass is 9.95. The summed E-state index contributed by atoms with van der Waals surface area (Å²) in [6.45, 7) is 6.53. The molecule has 2 nitrogen and oxygen atoms in total. The van der Waals surface area contributed by atoms with E-state index in [0.717, 1.165) is 16.7 Å². The van der Waals surface area contributed by atoms with Crippen molar-refractivity contribution in [3.05, 3.63) is 41.6 Å². The van der Waals surface area contributed by atoms with Crippen molar-refractivity contribution in [3.8, 4) is 0 Å². The second-order valence-electron chi connectivity index (χ2n) is 4.79. The molecule has 0 spiro atoms. The first kappa shape index (κ1) is 10.3. The van der Waals surface area contributed by atoms with Gasteiger partial charge in [0.1, 0.15) is 5.58 Å². The Morgan fingerprint density at radius 1 is 1.12 bits per heavy atom. The molecule has 3 aromatic rings. The van der Waals surface area contributed by atoms with E-state index in [1.165, 1.54) is 16.5 Å². The summed E-state index contributed by atoms with van der Waals surface area (Å²) in [4.78, 5) is 4.28. The molecule has 0 unspecified atom stereocenters. The molecule has 2 aromatic heterocycles. The van der Waals surface area contributed by atoms with Crippen LogP contribution in [0.2, 0.25) is 0 Å². The molecule has 0 aliphatic heterocycles. The minimum absolute atomic E-state index is 0.458. The number of pyridine rings is 1. The first-order valence-electron chi connectivity index (χ1n) is 5.95. The molecule has 0 N–H and O–H groups in total. The standard InChI is InChI=1S/C15H15NO/c1-9(2)13-10(3)6-7-11-12-5-4-8-16-15(12)17-14(11)13/h4-9H,1-3H3. The largest absolute Gasteiger partial charge is 0.437 e. The summed E-state index contributed by atoms with van der Waals surface area (Å²) in [5.41, 5.74) is 4.30. The van der Waals surface area contributed by atoms with Gasteiger partial charge in [-0.3, -0.25) is 0 Å². The normalized spacial score (nSPS) is 11.8. The summed E-state index contributed by atoms with van der Waals surface area (Å²) in [5, 5.41) is 2.27. The van der Waals surface area contributed by atoms with Crippen LogP contribution in [0, 0.1) is 6.92 Å². The van der Waals surface area contributed by atoms with Crippen molar-refractivity contribution >= 4 is 22.1 Å². The van der Waals surface area contributed by atoms with E-state index in [1.807, 2.05) is 6.07 Å². The van der Waals surface area contributed by atoms with E-state index in [-0.39, 0.29) is 0 Å². The fraction of sp³-hybridized carbons (Fsp3) is 0.267. The molecule has 0 saturated heterocycles. The Bertz CT molecular complexity index is 695. The van der Waals surface area contributed by atoms with E-state index in [1.54, 1.807) is 6.20 Å². The Morgan fingerprint density at radius 3 is 2.71 bits per heavy atom. The molecule has 0 amide bonds. The van der Waals surface area contributed by atoms with Crippen LogP contribution < -0.4 is 0 Å². The molecule has 86 valence electrons. The molecule has 0 bridgehead atoms. The number of benzene rings is 1. The van der Waals surface area contributed by atoms with Crippen LogP contribution in [0.4, 0.5) is 0 Å². The molecule has 0 fully saturated rings. The van der Waals surface area contributed by atoms with E-state index in [4.69, 9.17) is 4.42 Å². The fourth-order valence-corrected chi connectivity index (χ4v) is 2.51. The Hall–Kier alpha value is -1.83. The van der Waals surface area contributed by atoms with Gasteiger partial charge in [-0.05, 0) is 30.5 Å². The van der Waals surface area contributed by atoms with Gasteiger partial charge in [-0.2, -0.15) is 0 Å². The number of nitrogens with zero attached hydrogens (tertiary/aromatic N) is 1. The number of hydrogen-bond donors (Lipinski definition) is 0. The minimum Gasteiger partial charge on any atom is -0.437 e. The topological polar surface area (TPSA) is 26.0 Å². The van der Waals surface area contributed by atoms with Crippen molar-refractivity contribution < 1.29 is 4.42 Å². The van der Waals surface area contributed by atoms with Crippen LogP contribution in [0.15, 0.2) is 34.9 Å². The van der Waals surface area contributed by atoms with Gasteiger partial charge in [-0.15, -0.1) is 0 Å². The lowest BCUT2D eigenvalue weighted by molar-refractivity contribution is 0.642. The highest BCUT2D eigenvalue weighted by Crippen LogP contribution is 2.34. The molecule has 3 rings (SSSR count). The summed E-state index contributed by atoms with van der Waals surface area (Å²) >= 11 is 0. The van der Waals surface area contributed by atoms with Gasteiger partial charge in [0.15, 0.2) is 0 Å². The van der Waals surface area contributed by atoms with Gasteiger partial charge in [-0.1, -0.05) is 26.0 Å². The van der Waals surface area contributed by atoms with Gasteiger partial charge in [-0.25, -0.2) is 4.98 Å². The Kier molecular flexibility index (Phi) is 2.18. The van der Waals surface area contributed by atoms with Gasteiger partial charge in [0.25, 0.3) is 0 Å². The molecular weight excluding hydrogens is 210 g/mol. The summed E-state index contributed by atoms with van der Waals surface area (Å²) in [5.74, 6) is 0.458. The molecule has 0 aliphatic rings. The highest BCUT2D eigenvalue weighted by molar-refractivity contribution is 6.04. The summed E-state index contributed by atoms with van der Waals surface area (Å²) < 4.78 is 5.91. The molecule has 17 heavy (non-hydrogen) atoms. The summed E-state index contributed by atoms with van der Waals surface area (Å²) in [6, 6.07) is 8.31. The monoisotopic (exact) mass is 225 g/mol. The molecule has 1 aromatic carbocycles. The number of hydrogen-bond acceptors (Lipinski definition) is 2. The molecule has 0 radical (unpaired) electrons. The zero-order valence-corrected chi connectivity index (χ0v) is 10.3. The first-order chi connectivity index (χ1) is 8.18. The van der Waals surface area contributed by atoms with Gasteiger partial charge in [0, 0.05) is 22.5 Å². The van der Waals surface area contributed by atoms with Crippen LogP contribution in [-0.2, 0) is 0 Å². The molecule has 0 saturated carbocycles. The molecule has 0 aliphatic carbocycles. The van der Waals surface area contributed by atoms with Crippen molar-refractivity contribution in [2.75, 3.05) is 0 Å². The predicted octanol–water partition coefficient (Wildman–Crippen LogP) is 4.41. The quantitative estimate of drug-likeness (QED) is 0.613. The van der Waals surface area contributed by atoms with Crippen LogP contribution in [0.1, 0.15) is 30.9 Å². The number of aromatic nitrogens is 1. The third-order valence-corrected chi connectivity index (χ3v) is 3.25. The predicted molar refractivity (Wildman–Crippen MR) is 70.3 cm³/mol. The lowest BCUT2D eigenvalue weighted by Gasteiger charge is -2.09. The van der Waals surface area contributed by atoms with Gasteiger partial charge in [0.2, 0.25) is 5.71 Å². The number of furan rings is 1. The summed E-state index contributed by atoms with van der Waals surface area (Å²) in [7, 11) is 0. The second kappa shape index (κ2) is 3.59. The van der Waals surface area contributed by atoms with Crippen molar-refractivity contribution in [2.24, 2.45) is 0 Å². The van der Waals surface area contributed by atoms with Crippen LogP contribution >= 0.6 is 0 Å². The van der Waals surface area contributed by atoms with Gasteiger partial charge >= 0.3 is 0 Å². The Morgan fingerprint density at radius 2 is 1.94 bits per heavy atom. The van der Waals surface area contributed by atoms with Crippen molar-refractivity contribution in [1.82, 2.24) is 4.98 Å². The number of rotatable bonds is 1. The fourth-order valence-electron chi connectivity index (χ4n) is 2.51. The smallest absolute Gasteiger partial charge is 0.227 e. The van der Waals surface area contributed by atoms with E-state index in [0.29, 0.717) is 5.92 Å². The van der Waals surface area contributed by atoms with Crippen LogP contribution in [0.3, 0.4) is 0 Å². The highest BCUT2D eigenvalue weighted by atomic mass is 16.3. The average molecular weight is 225 g/mol. The van der Waals surface area contributed by atoms with E-state index < -0.39 is 0 Å². The SMILES string of the molecule is Cc1ccc2c(oc3ncccc32)c1C(C)C. The Balaban J connectivity index is 2.51. The van der Waals surface area contributed by atoms with Gasteiger partial charge in [0.05, 0.1) is 0 Å². The second-order valence-corrected chi connectivity index (χ2v) is 4.79. The van der Waals surface area contributed by atoms with Gasteiger partial charge < -0.3 is 4.42 Å². The molecule has 2 heteroatoms. The minimum atomic E-state index is 0.458. The van der Waals surface area contributed by atoms with Crippen LogP contribution in [0.5, 0.6) is 0 Å². The zero-order chi connectivity index (χ0) is 12.0. The number of fused-ring (bicyclic) bond motifs is 3. The molecular formula is C15H15NO. The van der Waals surface area contributed by atoms with Crippen molar-refractivity contribution in [1.29, 1.82) is 0 Å². The maximum absolute atomic E-state index is 5.91. The Labute approximate surface area is 100 Å². The van der Waals surface area contributed by atoms with E-state index in [9.17, 15) is 0 Å². The van der Waals surface area contributed by atoms with Crippen LogP contribution in [0.25, 0.3) is 22.1 Å². The third kappa shape index (κ3) is 1.44. The number of aryl methyl sites for hydroxylation is 1. The van der Waals surface area contributed by atoms with Crippen LogP contribution in [-0.4, -0.2) is 4.98 Å². The maximum Gasteiger partial charge on any atom is 0.227 e. The maximum atomic E-state index is 5.91. The molecule has 0 atom stereocenters. The van der Waals surface area contributed by atoms with Crippen molar-refractivity contribution in [3.63, 3.8) is 0 Å². The third-order valence-electron chi connectivity index (χ3n) is 3.25. The summed E-state index contributed by atoms with van der Waals surface area (Å²) in [6.07, 6.45) is 1.77. The van der Waals surface area contributed by atoms with E-state index in [2.05, 4.69) is 44.0 Å².